The summed E-state index contributed by atoms with van der Waals surface area (Å²) < 4.78 is 0. The highest BCUT2D eigenvalue weighted by Gasteiger charge is 2.75. The molecule has 1 heterocycles. The van der Waals surface area contributed by atoms with Crippen molar-refractivity contribution in [3.05, 3.63) is 35.9 Å². The van der Waals surface area contributed by atoms with Crippen LogP contribution < -0.4 is 5.32 Å². The number of amides is 2. The number of rotatable bonds is 5. The van der Waals surface area contributed by atoms with Gasteiger partial charge in [-0.2, -0.15) is 0 Å². The van der Waals surface area contributed by atoms with Gasteiger partial charge in [-0.3, -0.25) is 14.4 Å². The maximum Gasteiger partial charge on any atom is 0.309 e. The maximum atomic E-state index is 12.7. The second-order valence-corrected chi connectivity index (χ2v) is 7.81. The van der Waals surface area contributed by atoms with Gasteiger partial charge in [-0.15, -0.1) is 0 Å². The van der Waals surface area contributed by atoms with Crippen molar-refractivity contribution in [3.63, 3.8) is 0 Å². The van der Waals surface area contributed by atoms with Crippen LogP contribution in [0.2, 0.25) is 0 Å². The first-order valence-electron chi connectivity index (χ1n) is 8.81. The van der Waals surface area contributed by atoms with Crippen LogP contribution in [-0.4, -0.2) is 40.4 Å². The Morgan fingerprint density at radius 1 is 1.16 bits per heavy atom. The monoisotopic (exact) mass is 342 g/mol. The maximum absolute atomic E-state index is 12.7. The molecular weight excluding hydrogens is 320 g/mol. The molecular formula is C19H22N2O4. The van der Waals surface area contributed by atoms with Gasteiger partial charge in [-0.25, -0.2) is 0 Å². The minimum absolute atomic E-state index is 0.0389. The molecule has 1 unspecified atom stereocenters. The summed E-state index contributed by atoms with van der Waals surface area (Å²) in [5.41, 5.74) is -0.140. The topological polar surface area (TPSA) is 86.7 Å². The van der Waals surface area contributed by atoms with Crippen LogP contribution in [0.5, 0.6) is 0 Å². The quantitative estimate of drug-likeness (QED) is 0.850. The summed E-state index contributed by atoms with van der Waals surface area (Å²) in [6, 6.07) is 9.33. The Morgan fingerprint density at radius 2 is 1.84 bits per heavy atom. The lowest BCUT2D eigenvalue weighted by molar-refractivity contribution is -0.221. The average Bonchev–Trinajstić information content (AvgIpc) is 2.49. The zero-order chi connectivity index (χ0) is 17.7. The van der Waals surface area contributed by atoms with E-state index in [0.29, 0.717) is 38.8 Å². The minimum atomic E-state index is -0.801. The Kier molecular flexibility index (Phi) is 3.60. The molecule has 4 fully saturated rings. The molecule has 1 atom stereocenters. The third-order valence-electron chi connectivity index (χ3n) is 6.02. The molecule has 3 saturated carbocycles. The van der Waals surface area contributed by atoms with Gasteiger partial charge >= 0.3 is 5.97 Å². The van der Waals surface area contributed by atoms with Gasteiger partial charge in [0.1, 0.15) is 6.04 Å². The van der Waals surface area contributed by atoms with Gasteiger partial charge < -0.3 is 15.3 Å². The van der Waals surface area contributed by atoms with Crippen LogP contribution in [0.25, 0.3) is 0 Å². The van der Waals surface area contributed by atoms with Crippen LogP contribution in [0, 0.1) is 10.8 Å². The average molecular weight is 342 g/mol. The van der Waals surface area contributed by atoms with Crippen molar-refractivity contribution in [1.82, 2.24) is 10.2 Å². The third-order valence-corrected chi connectivity index (χ3v) is 6.02. The highest BCUT2D eigenvalue weighted by atomic mass is 16.4. The molecule has 1 aromatic rings. The number of nitrogens with one attached hydrogen (secondary N) is 1. The number of hydrogen-bond acceptors (Lipinski definition) is 3. The van der Waals surface area contributed by atoms with E-state index in [1.54, 1.807) is 4.90 Å². The number of likely N-dealkylation sites (tertiary alicyclic amines) is 1. The SMILES string of the molecule is O=C1C(NC(=O)C23CC(C(=O)O)(C2)C3)CCCN1Cc1ccccc1. The second-order valence-electron chi connectivity index (χ2n) is 7.81. The molecule has 2 bridgehead atoms. The van der Waals surface area contributed by atoms with Crippen molar-refractivity contribution in [1.29, 1.82) is 0 Å². The van der Waals surface area contributed by atoms with Gasteiger partial charge in [0.15, 0.2) is 0 Å². The molecule has 132 valence electrons. The minimum Gasteiger partial charge on any atom is -0.481 e. The summed E-state index contributed by atoms with van der Waals surface area (Å²) in [6.07, 6.45) is 2.74. The van der Waals surface area contributed by atoms with Crippen molar-refractivity contribution < 1.29 is 19.5 Å². The molecule has 2 N–H and O–H groups in total. The zero-order valence-electron chi connectivity index (χ0n) is 14.0. The molecule has 3 aliphatic carbocycles. The molecule has 1 aliphatic heterocycles. The third kappa shape index (κ3) is 2.51. The Labute approximate surface area is 146 Å². The normalized spacial score (nSPS) is 33.2. The molecule has 1 saturated heterocycles. The van der Waals surface area contributed by atoms with E-state index in [2.05, 4.69) is 5.32 Å². The van der Waals surface area contributed by atoms with Gasteiger partial charge in [0.05, 0.1) is 10.8 Å². The van der Waals surface area contributed by atoms with E-state index in [1.807, 2.05) is 30.3 Å². The smallest absolute Gasteiger partial charge is 0.309 e. The van der Waals surface area contributed by atoms with Crippen LogP contribution in [0.15, 0.2) is 30.3 Å². The van der Waals surface area contributed by atoms with Crippen LogP contribution in [0.1, 0.15) is 37.7 Å². The molecule has 0 aromatic heterocycles. The number of carbonyl (C=O) groups is 3. The summed E-state index contributed by atoms with van der Waals surface area (Å²) in [4.78, 5) is 38.2. The Hall–Kier alpha value is -2.37. The highest BCUT2D eigenvalue weighted by molar-refractivity contribution is 5.96. The number of aliphatic carboxylic acids is 1. The molecule has 0 spiro atoms. The van der Waals surface area contributed by atoms with Crippen molar-refractivity contribution in [2.75, 3.05) is 6.54 Å². The van der Waals surface area contributed by atoms with Gasteiger partial charge in [-0.05, 0) is 37.7 Å². The zero-order valence-corrected chi connectivity index (χ0v) is 14.0. The van der Waals surface area contributed by atoms with Crippen LogP contribution in [0.3, 0.4) is 0 Å². The second kappa shape index (κ2) is 5.58. The van der Waals surface area contributed by atoms with Gasteiger partial charge in [0, 0.05) is 13.1 Å². The molecule has 6 heteroatoms. The van der Waals surface area contributed by atoms with Crippen molar-refractivity contribution in [2.45, 2.75) is 44.7 Å². The molecule has 1 aromatic carbocycles. The first-order valence-corrected chi connectivity index (χ1v) is 8.81. The number of benzene rings is 1. The first kappa shape index (κ1) is 16.1. The fourth-order valence-electron chi connectivity index (χ4n) is 4.60. The van der Waals surface area contributed by atoms with E-state index in [1.165, 1.54) is 0 Å². The number of carbonyl (C=O) groups excluding carboxylic acids is 2. The number of hydrogen-bond donors (Lipinski definition) is 2. The van der Waals surface area contributed by atoms with E-state index in [9.17, 15) is 19.5 Å². The number of carboxylic acids is 1. The Balaban J connectivity index is 1.36. The van der Waals surface area contributed by atoms with Crippen LogP contribution >= 0.6 is 0 Å². The lowest BCUT2D eigenvalue weighted by Gasteiger charge is -2.66. The summed E-state index contributed by atoms with van der Waals surface area (Å²) in [5.74, 6) is -0.983. The molecule has 2 amide bonds. The lowest BCUT2D eigenvalue weighted by Crippen LogP contribution is -2.71. The van der Waals surface area contributed by atoms with Crippen molar-refractivity contribution in [2.24, 2.45) is 10.8 Å². The molecule has 25 heavy (non-hydrogen) atoms. The summed E-state index contributed by atoms with van der Waals surface area (Å²) >= 11 is 0. The Bertz CT molecular complexity index is 710. The van der Waals surface area contributed by atoms with Gasteiger partial charge in [0.25, 0.3) is 0 Å². The van der Waals surface area contributed by atoms with E-state index in [4.69, 9.17) is 0 Å². The predicted octanol–water partition coefficient (Wildman–Crippen LogP) is 1.55. The molecule has 0 radical (unpaired) electrons. The summed E-state index contributed by atoms with van der Waals surface area (Å²) in [5, 5.41) is 12.1. The number of piperidine rings is 1. The van der Waals surface area contributed by atoms with E-state index < -0.39 is 22.8 Å². The van der Waals surface area contributed by atoms with E-state index in [-0.39, 0.29) is 11.8 Å². The Morgan fingerprint density at radius 3 is 2.48 bits per heavy atom. The van der Waals surface area contributed by atoms with Crippen LogP contribution in [0.4, 0.5) is 0 Å². The van der Waals surface area contributed by atoms with Crippen LogP contribution in [-0.2, 0) is 20.9 Å². The molecule has 6 nitrogen and oxygen atoms in total. The number of carboxylic acid groups (broad SMARTS) is 1. The van der Waals surface area contributed by atoms with E-state index in [0.717, 1.165) is 12.0 Å². The fourth-order valence-corrected chi connectivity index (χ4v) is 4.60. The molecule has 4 aliphatic rings. The van der Waals surface area contributed by atoms with E-state index >= 15 is 0 Å². The highest BCUT2D eigenvalue weighted by Crippen LogP contribution is 2.73. The number of nitrogens with zero attached hydrogens (tertiary/aromatic N) is 1. The summed E-state index contributed by atoms with van der Waals surface area (Å²) in [6.45, 7) is 1.26. The lowest BCUT2D eigenvalue weighted by atomic mass is 9.35. The fraction of sp³-hybridized carbons (Fsp3) is 0.526. The molecule has 5 rings (SSSR count). The summed E-state index contributed by atoms with van der Waals surface area (Å²) in [7, 11) is 0. The largest absolute Gasteiger partial charge is 0.481 e. The van der Waals surface area contributed by atoms with Crippen molar-refractivity contribution >= 4 is 17.8 Å². The standard InChI is InChI=1S/C19H22N2O4/c22-15-14(7-4-8-21(15)9-13-5-2-1-3-6-13)20-16(23)18-10-19(11-18,12-18)17(24)25/h1-3,5-6,14H,4,7-12H2,(H,20,23)(H,24,25). The van der Waals surface area contributed by atoms with Crippen molar-refractivity contribution in [3.8, 4) is 0 Å². The van der Waals surface area contributed by atoms with Gasteiger partial charge in [-0.1, -0.05) is 30.3 Å². The predicted molar refractivity (Wildman–Crippen MR) is 89.4 cm³/mol. The first-order chi connectivity index (χ1) is 11.9. The van der Waals surface area contributed by atoms with Gasteiger partial charge in [0.2, 0.25) is 11.8 Å².